The quantitative estimate of drug-likeness (QED) is 0.502. The number of aryl methyl sites for hydroxylation is 1. The van der Waals surface area contributed by atoms with Gasteiger partial charge in [-0.25, -0.2) is 4.98 Å². The Morgan fingerprint density at radius 2 is 1.12 bits per heavy atom. The number of aromatic nitrogens is 1. The summed E-state index contributed by atoms with van der Waals surface area (Å²) in [7, 11) is 0. The molecule has 0 unspecified atom stereocenters. The number of hydrogen-bond acceptors (Lipinski definition) is 1. The maximum absolute atomic E-state index is 4.64. The summed E-state index contributed by atoms with van der Waals surface area (Å²) in [5.41, 5.74) is 3.47. The summed E-state index contributed by atoms with van der Waals surface area (Å²) in [5.74, 6) is 0. The minimum Gasteiger partial charge on any atom is -0.248 e. The van der Waals surface area contributed by atoms with Crippen molar-refractivity contribution in [2.45, 2.75) is 20.8 Å². The highest BCUT2D eigenvalue weighted by Gasteiger charge is 2.03. The van der Waals surface area contributed by atoms with Crippen LogP contribution in [0, 0.1) is 6.92 Å². The molecule has 0 aliphatic carbocycles. The maximum atomic E-state index is 4.64. The largest absolute Gasteiger partial charge is 0.248 e. The van der Waals surface area contributed by atoms with Gasteiger partial charge < -0.3 is 0 Å². The van der Waals surface area contributed by atoms with Crippen LogP contribution in [0.2, 0.25) is 0 Å². The molecule has 17 heavy (non-hydrogen) atoms. The van der Waals surface area contributed by atoms with Crippen LogP contribution in [0.3, 0.4) is 0 Å². The molecule has 0 spiro atoms. The van der Waals surface area contributed by atoms with Gasteiger partial charge in [-0.15, -0.1) is 0 Å². The number of pyridine rings is 1. The van der Waals surface area contributed by atoms with Crippen molar-refractivity contribution in [1.82, 2.24) is 4.98 Å². The monoisotopic (exact) mass is 223 g/mol. The van der Waals surface area contributed by atoms with Crippen molar-refractivity contribution < 1.29 is 0 Å². The third-order valence-electron chi connectivity index (χ3n) is 2.86. The molecule has 3 rings (SSSR count). The molecule has 0 N–H and O–H groups in total. The zero-order valence-electron chi connectivity index (χ0n) is 10.6. The molecule has 0 saturated heterocycles. The van der Waals surface area contributed by atoms with Gasteiger partial charge >= 0.3 is 0 Å². The topological polar surface area (TPSA) is 12.9 Å². The summed E-state index contributed by atoms with van der Waals surface area (Å²) in [6.45, 7) is 6.16. The van der Waals surface area contributed by atoms with Crippen LogP contribution < -0.4 is 0 Å². The average Bonchev–Trinajstić information content (AvgIpc) is 2.41. The van der Waals surface area contributed by atoms with Crippen LogP contribution in [0.5, 0.6) is 0 Å². The number of rotatable bonds is 0. The Hall–Kier alpha value is -1.89. The van der Waals surface area contributed by atoms with Crippen LogP contribution in [0.4, 0.5) is 0 Å². The summed E-state index contributed by atoms with van der Waals surface area (Å²) in [6.07, 6.45) is 0. The first kappa shape index (κ1) is 11.6. The Kier molecular flexibility index (Phi) is 3.38. The molecular formula is C16H17N. The van der Waals surface area contributed by atoms with Gasteiger partial charge in [0.2, 0.25) is 0 Å². The molecule has 0 amide bonds. The summed E-state index contributed by atoms with van der Waals surface area (Å²) in [4.78, 5) is 4.64. The number of nitrogens with zero attached hydrogens (tertiary/aromatic N) is 1. The summed E-state index contributed by atoms with van der Waals surface area (Å²) < 4.78 is 0. The van der Waals surface area contributed by atoms with E-state index in [9.17, 15) is 0 Å². The zero-order valence-corrected chi connectivity index (χ0v) is 10.6. The molecule has 0 aliphatic rings. The lowest BCUT2D eigenvalue weighted by molar-refractivity contribution is 1.45. The van der Waals surface area contributed by atoms with Gasteiger partial charge in [0.25, 0.3) is 0 Å². The molecule has 0 bridgehead atoms. The van der Waals surface area contributed by atoms with Crippen molar-refractivity contribution in [1.29, 1.82) is 0 Å². The molecule has 0 fully saturated rings. The lowest BCUT2D eigenvalue weighted by atomic mass is 10.0. The Bertz CT molecular complexity index is 587. The van der Waals surface area contributed by atoms with Gasteiger partial charge in [-0.1, -0.05) is 50.2 Å². The van der Waals surface area contributed by atoms with Crippen LogP contribution in [0.25, 0.3) is 21.8 Å². The molecule has 0 aliphatic heterocycles. The highest BCUT2D eigenvalue weighted by atomic mass is 14.7. The van der Waals surface area contributed by atoms with Crippen molar-refractivity contribution in [2.75, 3.05) is 0 Å². The Labute approximate surface area is 102 Å². The first-order valence-corrected chi connectivity index (χ1v) is 6.10. The first-order chi connectivity index (χ1) is 8.36. The van der Waals surface area contributed by atoms with E-state index < -0.39 is 0 Å². The number of para-hydroxylation sites is 2. The second kappa shape index (κ2) is 4.96. The number of benzene rings is 2. The predicted octanol–water partition coefficient (Wildman–Crippen LogP) is 4.72. The summed E-state index contributed by atoms with van der Waals surface area (Å²) in [6, 6.07) is 16.6. The van der Waals surface area contributed by atoms with Crippen LogP contribution in [-0.4, -0.2) is 4.98 Å². The minimum absolute atomic E-state index is 1.08. The van der Waals surface area contributed by atoms with Crippen LogP contribution >= 0.6 is 0 Å². The number of hydrogen-bond donors (Lipinski definition) is 0. The molecule has 0 saturated carbocycles. The molecule has 1 nitrogen and oxygen atoms in total. The Morgan fingerprint density at radius 3 is 1.59 bits per heavy atom. The standard InChI is InChI=1S/C14H11N.C2H6/c1-10-11-6-2-4-8-13(11)15-14-9-5-3-7-12(10)14;1-2/h2-9H,1H3;1-2H3. The smallest absolute Gasteiger partial charge is 0.0712 e. The SMILES string of the molecule is CC.Cc1c2ccccc2nc2ccccc12. The van der Waals surface area contributed by atoms with Gasteiger partial charge in [0, 0.05) is 10.8 Å². The highest BCUT2D eigenvalue weighted by Crippen LogP contribution is 2.24. The van der Waals surface area contributed by atoms with E-state index in [2.05, 4.69) is 48.3 Å². The summed E-state index contributed by atoms with van der Waals surface area (Å²) in [5, 5.41) is 2.49. The van der Waals surface area contributed by atoms with E-state index in [4.69, 9.17) is 0 Å². The molecule has 0 radical (unpaired) electrons. The van der Waals surface area contributed by atoms with Gasteiger partial charge in [0.05, 0.1) is 11.0 Å². The van der Waals surface area contributed by atoms with E-state index in [-0.39, 0.29) is 0 Å². The normalized spacial score (nSPS) is 10.1. The fourth-order valence-corrected chi connectivity index (χ4v) is 2.05. The van der Waals surface area contributed by atoms with Crippen molar-refractivity contribution in [3.8, 4) is 0 Å². The van der Waals surface area contributed by atoms with Crippen LogP contribution in [0.15, 0.2) is 48.5 Å². The maximum Gasteiger partial charge on any atom is 0.0712 e. The van der Waals surface area contributed by atoms with Gasteiger partial charge in [-0.3, -0.25) is 0 Å². The molecule has 1 aromatic heterocycles. The molecular weight excluding hydrogens is 206 g/mol. The second-order valence-corrected chi connectivity index (χ2v) is 3.77. The van der Waals surface area contributed by atoms with Crippen molar-refractivity contribution in [2.24, 2.45) is 0 Å². The lowest BCUT2D eigenvalue weighted by Crippen LogP contribution is -1.86. The highest BCUT2D eigenvalue weighted by molar-refractivity contribution is 5.96. The molecule has 0 atom stereocenters. The third kappa shape index (κ3) is 2.01. The fourth-order valence-electron chi connectivity index (χ4n) is 2.05. The van der Waals surface area contributed by atoms with Gasteiger partial charge in [0.1, 0.15) is 0 Å². The van der Waals surface area contributed by atoms with Crippen molar-refractivity contribution in [3.63, 3.8) is 0 Å². The zero-order chi connectivity index (χ0) is 12.3. The molecule has 2 aromatic carbocycles. The van der Waals surface area contributed by atoms with E-state index in [0.29, 0.717) is 0 Å². The van der Waals surface area contributed by atoms with Gasteiger partial charge in [-0.05, 0) is 24.6 Å². The van der Waals surface area contributed by atoms with E-state index in [0.717, 1.165) is 11.0 Å². The van der Waals surface area contributed by atoms with Crippen molar-refractivity contribution >= 4 is 21.8 Å². The van der Waals surface area contributed by atoms with E-state index in [1.807, 2.05) is 26.0 Å². The van der Waals surface area contributed by atoms with Gasteiger partial charge in [-0.2, -0.15) is 0 Å². The average molecular weight is 223 g/mol. The van der Waals surface area contributed by atoms with Crippen LogP contribution in [-0.2, 0) is 0 Å². The van der Waals surface area contributed by atoms with Crippen LogP contribution in [0.1, 0.15) is 19.4 Å². The van der Waals surface area contributed by atoms with Crippen molar-refractivity contribution in [3.05, 3.63) is 54.1 Å². The van der Waals surface area contributed by atoms with E-state index in [1.54, 1.807) is 0 Å². The van der Waals surface area contributed by atoms with Gasteiger partial charge in [0.15, 0.2) is 0 Å². The Morgan fingerprint density at radius 1 is 0.706 bits per heavy atom. The predicted molar refractivity (Wildman–Crippen MR) is 75.3 cm³/mol. The molecule has 86 valence electrons. The first-order valence-electron chi connectivity index (χ1n) is 6.10. The molecule has 3 aromatic rings. The number of fused-ring (bicyclic) bond motifs is 2. The Balaban J connectivity index is 0.000000514. The fraction of sp³-hybridized carbons (Fsp3) is 0.188. The van der Waals surface area contributed by atoms with E-state index >= 15 is 0 Å². The lowest BCUT2D eigenvalue weighted by Gasteiger charge is -2.05. The minimum atomic E-state index is 1.08. The third-order valence-corrected chi connectivity index (χ3v) is 2.86. The second-order valence-electron chi connectivity index (χ2n) is 3.77. The summed E-state index contributed by atoms with van der Waals surface area (Å²) >= 11 is 0. The molecule has 1 heterocycles. The molecule has 1 heteroatoms. The van der Waals surface area contributed by atoms with E-state index in [1.165, 1.54) is 16.3 Å².